The van der Waals surface area contributed by atoms with Crippen LogP contribution in [0.4, 0.5) is 0 Å². The average molecular weight is 420 g/mol. The normalized spacial score (nSPS) is 11.8. The summed E-state index contributed by atoms with van der Waals surface area (Å²) in [7, 11) is 2.18. The summed E-state index contributed by atoms with van der Waals surface area (Å²) in [5.74, 6) is 1.22. The number of rotatable bonds is 4. The molecule has 0 aliphatic carbocycles. The van der Waals surface area contributed by atoms with Crippen molar-refractivity contribution >= 4 is 47.8 Å². The molecule has 0 aliphatic rings. The Balaban J connectivity index is 3.31. The van der Waals surface area contributed by atoms with Gasteiger partial charge in [0.2, 0.25) is 0 Å². The van der Waals surface area contributed by atoms with E-state index in [1.807, 2.05) is 0 Å². The van der Waals surface area contributed by atoms with Crippen molar-refractivity contribution in [1.82, 2.24) is 0 Å². The Morgan fingerprint density at radius 3 is 1.88 bits per heavy atom. The molecule has 0 N–H and O–H groups in total. The molecule has 0 amide bonds. The molecule has 0 saturated heterocycles. The van der Waals surface area contributed by atoms with Crippen molar-refractivity contribution in [2.24, 2.45) is 0 Å². The topological polar surface area (TPSA) is 0 Å². The Morgan fingerprint density at radius 1 is 1.00 bits per heavy atom. The second kappa shape index (κ2) is 6.88. The van der Waals surface area contributed by atoms with Gasteiger partial charge in [-0.3, -0.25) is 0 Å². The fourth-order valence-electron chi connectivity index (χ4n) is 1.81. The third kappa shape index (κ3) is 4.19. The quantitative estimate of drug-likeness (QED) is 0.663. The summed E-state index contributed by atoms with van der Waals surface area (Å²) in [6.07, 6.45) is 0. The summed E-state index contributed by atoms with van der Waals surface area (Å²) in [5.41, 5.74) is 3.00. The molecule has 0 heterocycles. The van der Waals surface area contributed by atoms with Gasteiger partial charge in [0.1, 0.15) is 0 Å². The van der Waals surface area contributed by atoms with Gasteiger partial charge in [0.15, 0.2) is 0 Å². The molecule has 0 fully saturated rings. The van der Waals surface area contributed by atoms with Crippen molar-refractivity contribution in [1.29, 1.82) is 0 Å². The average Bonchev–Trinajstić information content (AvgIpc) is 2.19. The van der Waals surface area contributed by atoms with Gasteiger partial charge in [-0.1, -0.05) is 0 Å². The first-order valence-corrected chi connectivity index (χ1v) is 17.0. The van der Waals surface area contributed by atoms with Gasteiger partial charge in [-0.2, -0.15) is 0 Å². The van der Waals surface area contributed by atoms with Crippen LogP contribution in [0, 0.1) is 0 Å². The van der Waals surface area contributed by atoms with Crippen molar-refractivity contribution in [3.05, 3.63) is 23.3 Å². The Labute approximate surface area is 124 Å². The van der Waals surface area contributed by atoms with Gasteiger partial charge in [0.05, 0.1) is 0 Å². The van der Waals surface area contributed by atoms with E-state index in [0.717, 1.165) is 0 Å². The number of hydrogen-bond acceptors (Lipinski definition) is 1. The van der Waals surface area contributed by atoms with E-state index in [4.69, 9.17) is 0 Å². The van der Waals surface area contributed by atoms with Crippen molar-refractivity contribution in [2.75, 3.05) is 0 Å². The second-order valence-electron chi connectivity index (χ2n) is 5.22. The summed E-state index contributed by atoms with van der Waals surface area (Å²) in [6.45, 7) is 9.14. The molecular weight excluding hydrogens is 398 g/mol. The molecule has 0 atom stereocenters. The number of hydrogen-bond donors (Lipinski definition) is 0. The first-order chi connectivity index (χ1) is 7.84. The van der Waals surface area contributed by atoms with Crippen LogP contribution in [0.1, 0.15) is 50.7 Å². The molecule has 0 aliphatic heterocycles. The fourth-order valence-corrected chi connectivity index (χ4v) is 10.8. The molecule has 1 aromatic carbocycles. The van der Waals surface area contributed by atoms with Crippen molar-refractivity contribution in [3.63, 3.8) is 0 Å². The Morgan fingerprint density at radius 2 is 1.47 bits per heavy atom. The minimum absolute atomic E-state index is 0.604. The van der Waals surface area contributed by atoms with Gasteiger partial charge in [0.25, 0.3) is 0 Å². The summed E-state index contributed by atoms with van der Waals surface area (Å²) in [6, 6.07) is 4.65. The fraction of sp³-hybridized carbons (Fsp3) is 0.571. The predicted molar refractivity (Wildman–Crippen MR) is 83.3 cm³/mol. The Bertz CT molecular complexity index is 386. The standard InChI is InChI=1S/C12H17SSe.2CH3.Sn/c1-7(2)9-5-6-10(8(3)4)12(14)11(9)13;;;/h5-8,13H,1-4H3;2*1H3;/q;;;+1/p-1. The van der Waals surface area contributed by atoms with Gasteiger partial charge in [-0.15, -0.1) is 0 Å². The Hall–Kier alpha value is 0.888. The third-order valence-corrected chi connectivity index (χ3v) is 10.2. The zero-order valence-electron chi connectivity index (χ0n) is 11.6. The SMILES string of the molecule is CC(C)c1ccc(C(C)C)c([S][Sn]([CH3])[CH3])c1[Se]. The van der Waals surface area contributed by atoms with E-state index in [0.29, 0.717) is 11.8 Å². The van der Waals surface area contributed by atoms with Gasteiger partial charge in [-0.05, 0) is 0 Å². The van der Waals surface area contributed by atoms with Crippen LogP contribution in [0.25, 0.3) is 0 Å². The van der Waals surface area contributed by atoms with Crippen LogP contribution in [0.5, 0.6) is 0 Å². The summed E-state index contributed by atoms with van der Waals surface area (Å²) in [4.78, 5) is 6.46. The van der Waals surface area contributed by atoms with Gasteiger partial charge in [-0.25, -0.2) is 0 Å². The van der Waals surface area contributed by atoms with E-state index in [1.54, 1.807) is 4.90 Å². The van der Waals surface area contributed by atoms with Crippen molar-refractivity contribution in [3.8, 4) is 0 Å². The molecule has 0 spiro atoms. The van der Waals surface area contributed by atoms with Crippen LogP contribution in [0.15, 0.2) is 17.0 Å². The van der Waals surface area contributed by atoms with E-state index in [9.17, 15) is 0 Å². The molecule has 0 bridgehead atoms. The molecule has 17 heavy (non-hydrogen) atoms. The Kier molecular flexibility index (Phi) is 6.45. The summed E-state index contributed by atoms with van der Waals surface area (Å²) >= 11 is 2.15. The van der Waals surface area contributed by atoms with E-state index in [2.05, 4.69) is 74.7 Å². The monoisotopic (exact) mass is 422 g/mol. The van der Waals surface area contributed by atoms with Crippen LogP contribution >= 0.6 is 8.95 Å². The maximum atomic E-state index is 3.33. The maximum absolute atomic E-state index is 3.33. The van der Waals surface area contributed by atoms with Gasteiger partial charge >= 0.3 is 125 Å². The minimum atomic E-state index is -1.18. The van der Waals surface area contributed by atoms with Crippen molar-refractivity contribution in [2.45, 2.75) is 54.3 Å². The van der Waals surface area contributed by atoms with Crippen LogP contribution in [-0.4, -0.2) is 34.4 Å². The molecule has 0 saturated carbocycles. The molecule has 3 heteroatoms. The first kappa shape index (κ1) is 15.9. The molecule has 0 unspecified atom stereocenters. The number of benzene rings is 1. The van der Waals surface area contributed by atoms with E-state index in [1.165, 1.54) is 15.6 Å². The predicted octanol–water partition coefficient (Wildman–Crippen LogP) is 4.07. The molecule has 0 nitrogen and oxygen atoms in total. The van der Waals surface area contributed by atoms with Crippen LogP contribution in [0.3, 0.4) is 0 Å². The van der Waals surface area contributed by atoms with E-state index < -0.39 is 18.4 Å². The molecule has 2 radical (unpaired) electrons. The van der Waals surface area contributed by atoms with Gasteiger partial charge < -0.3 is 0 Å². The zero-order chi connectivity index (χ0) is 13.2. The molecule has 1 rings (SSSR count). The second-order valence-corrected chi connectivity index (χ2v) is 19.1. The molecule has 0 aromatic heterocycles. The molecular formula is C14H22SSeSn. The summed E-state index contributed by atoms with van der Waals surface area (Å²) < 4.78 is 1.41. The molecule has 1 aromatic rings. The first-order valence-electron chi connectivity index (χ1n) is 6.16. The zero-order valence-corrected chi connectivity index (χ0v) is 17.0. The van der Waals surface area contributed by atoms with Gasteiger partial charge in [0, 0.05) is 0 Å². The van der Waals surface area contributed by atoms with Crippen LogP contribution in [-0.2, 0) is 0 Å². The third-order valence-electron chi connectivity index (χ3n) is 2.72. The molecule has 94 valence electrons. The van der Waals surface area contributed by atoms with E-state index >= 15 is 0 Å². The van der Waals surface area contributed by atoms with Crippen LogP contribution in [0.2, 0.25) is 9.88 Å². The van der Waals surface area contributed by atoms with Crippen molar-refractivity contribution < 1.29 is 0 Å². The van der Waals surface area contributed by atoms with Crippen LogP contribution < -0.4 is 4.46 Å². The van der Waals surface area contributed by atoms with E-state index in [-0.39, 0.29) is 0 Å². The summed E-state index contributed by atoms with van der Waals surface area (Å²) in [5, 5.41) is 0.